The monoisotopic (exact) mass is 940 g/mol. The number of aromatic nitrogens is 6. The van der Waals surface area contributed by atoms with Crippen molar-refractivity contribution in [3.8, 4) is 33.8 Å². The molecule has 0 N–H and O–H groups in total. The molecule has 0 saturated carbocycles. The van der Waals surface area contributed by atoms with Gasteiger partial charge in [-0.1, -0.05) is 82.1 Å². The third-order valence-electron chi connectivity index (χ3n) is 8.23. The molecule has 282 valence electrons. The first-order valence-corrected chi connectivity index (χ1v) is 21.8. The average molecular weight is 944 g/mol. The first-order chi connectivity index (χ1) is 27.2. The Hall–Kier alpha value is -4.18. The maximum atomic E-state index is 11.5. The SMILES string of the molecule is O=c1cc(CCl)n2c(-c3ccc(Br)cc3)csc2n1.O=c1cc(CCl)n2c(-c3ccc(Cl)cc3)csc2n1.O=c1cc(CCl)n2c(-c3ccccc3)csc2n1. The Balaban J connectivity index is 0.000000129. The van der Waals surface area contributed by atoms with Gasteiger partial charge in [-0.2, -0.15) is 15.0 Å². The molecule has 0 spiro atoms. The second-order valence-corrected chi connectivity index (χ2v) is 16.4. The quantitative estimate of drug-likeness (QED) is 0.154. The van der Waals surface area contributed by atoms with E-state index in [1.54, 1.807) is 0 Å². The van der Waals surface area contributed by atoms with E-state index in [9.17, 15) is 14.4 Å². The molecule has 17 heteroatoms. The van der Waals surface area contributed by atoms with E-state index >= 15 is 0 Å². The van der Waals surface area contributed by atoms with Crippen molar-refractivity contribution in [2.75, 3.05) is 0 Å². The van der Waals surface area contributed by atoms with Crippen LogP contribution in [0.15, 0.2) is 132 Å². The van der Waals surface area contributed by atoms with Crippen LogP contribution < -0.4 is 16.7 Å². The van der Waals surface area contributed by atoms with Crippen LogP contribution in [0, 0.1) is 0 Å². The van der Waals surface area contributed by atoms with Gasteiger partial charge in [-0.25, -0.2) is 0 Å². The Labute approximate surface area is 358 Å². The van der Waals surface area contributed by atoms with Crippen molar-refractivity contribution in [1.29, 1.82) is 0 Å². The van der Waals surface area contributed by atoms with Crippen molar-refractivity contribution in [1.82, 2.24) is 28.2 Å². The summed E-state index contributed by atoms with van der Waals surface area (Å²) in [6.07, 6.45) is 0. The maximum absolute atomic E-state index is 11.5. The molecule has 0 aliphatic heterocycles. The van der Waals surface area contributed by atoms with E-state index in [1.807, 2.05) is 108 Å². The summed E-state index contributed by atoms with van der Waals surface area (Å²) < 4.78 is 6.80. The molecule has 9 nitrogen and oxygen atoms in total. The van der Waals surface area contributed by atoms with Gasteiger partial charge in [0.15, 0.2) is 14.9 Å². The number of benzene rings is 3. The van der Waals surface area contributed by atoms with Gasteiger partial charge in [0.2, 0.25) is 0 Å². The minimum atomic E-state index is -0.264. The number of hydrogen-bond donors (Lipinski definition) is 0. The van der Waals surface area contributed by atoms with Crippen LogP contribution in [-0.2, 0) is 17.6 Å². The van der Waals surface area contributed by atoms with Crippen molar-refractivity contribution >= 4 is 111 Å². The zero-order chi connectivity index (χ0) is 39.3. The lowest BCUT2D eigenvalue weighted by molar-refractivity contribution is 1.03. The number of alkyl halides is 3. The van der Waals surface area contributed by atoms with Crippen LogP contribution in [-0.4, -0.2) is 28.2 Å². The summed E-state index contributed by atoms with van der Waals surface area (Å²) in [6.45, 7) is 0. The largest absolute Gasteiger partial charge is 0.287 e. The number of rotatable bonds is 6. The molecule has 0 fully saturated rings. The fourth-order valence-electron chi connectivity index (χ4n) is 5.75. The first-order valence-electron chi connectivity index (χ1n) is 16.4. The number of hydrogen-bond acceptors (Lipinski definition) is 9. The normalized spacial score (nSPS) is 11.0. The highest BCUT2D eigenvalue weighted by atomic mass is 79.9. The molecule has 56 heavy (non-hydrogen) atoms. The van der Waals surface area contributed by atoms with E-state index in [4.69, 9.17) is 46.4 Å². The summed E-state index contributed by atoms with van der Waals surface area (Å²) in [7, 11) is 0. The van der Waals surface area contributed by atoms with E-state index in [1.165, 1.54) is 52.2 Å². The van der Waals surface area contributed by atoms with Crippen LogP contribution in [0.3, 0.4) is 0 Å². The van der Waals surface area contributed by atoms with Gasteiger partial charge < -0.3 is 0 Å². The van der Waals surface area contributed by atoms with Gasteiger partial charge in [0, 0.05) is 60.9 Å². The van der Waals surface area contributed by atoms with Gasteiger partial charge in [-0.3, -0.25) is 27.6 Å². The van der Waals surface area contributed by atoms with Crippen molar-refractivity contribution in [2.45, 2.75) is 17.6 Å². The minimum absolute atomic E-state index is 0.243. The molecule has 0 saturated heterocycles. The van der Waals surface area contributed by atoms with Crippen molar-refractivity contribution in [3.05, 3.63) is 171 Å². The van der Waals surface area contributed by atoms with E-state index in [2.05, 4.69) is 30.9 Å². The zero-order valence-corrected chi connectivity index (χ0v) is 35.7. The first kappa shape index (κ1) is 40.0. The summed E-state index contributed by atoms with van der Waals surface area (Å²) >= 11 is 31.4. The summed E-state index contributed by atoms with van der Waals surface area (Å²) in [5.41, 5.74) is 7.63. The molecule has 0 amide bonds. The van der Waals surface area contributed by atoms with E-state index in [0.717, 1.165) is 55.3 Å². The average Bonchev–Trinajstić information content (AvgIpc) is 3.96. The van der Waals surface area contributed by atoms with Gasteiger partial charge >= 0.3 is 0 Å². The number of thiazole rings is 3. The molecule has 6 heterocycles. The fraction of sp³-hybridized carbons (Fsp3) is 0.0769. The topological polar surface area (TPSA) is 103 Å². The molecule has 6 aromatic heterocycles. The summed E-state index contributed by atoms with van der Waals surface area (Å²) in [6, 6.07) is 29.9. The predicted molar refractivity (Wildman–Crippen MR) is 236 cm³/mol. The molecule has 0 bridgehead atoms. The molecule has 0 atom stereocenters. The summed E-state index contributed by atoms with van der Waals surface area (Å²) in [5.74, 6) is 0.824. The molecule has 0 aliphatic rings. The van der Waals surface area contributed by atoms with E-state index < -0.39 is 0 Å². The third kappa shape index (κ3) is 8.70. The molecule has 0 aliphatic carbocycles. The summed E-state index contributed by atoms with van der Waals surface area (Å²) in [4.78, 5) is 48.3. The molecule has 3 aromatic carbocycles. The second kappa shape index (κ2) is 18.0. The van der Waals surface area contributed by atoms with Crippen LogP contribution in [0.2, 0.25) is 5.02 Å². The van der Waals surface area contributed by atoms with Crippen LogP contribution in [0.5, 0.6) is 0 Å². The van der Waals surface area contributed by atoms with Gasteiger partial charge in [0.05, 0.1) is 34.7 Å². The lowest BCUT2D eigenvalue weighted by Gasteiger charge is -2.06. The molecular weight excluding hydrogens is 918 g/mol. The lowest BCUT2D eigenvalue weighted by Crippen LogP contribution is -2.10. The predicted octanol–water partition coefficient (Wildman–Crippen LogP) is 10.9. The van der Waals surface area contributed by atoms with Crippen LogP contribution in [0.1, 0.15) is 17.1 Å². The van der Waals surface area contributed by atoms with Gasteiger partial charge in [-0.15, -0.1) is 68.8 Å². The zero-order valence-electron chi connectivity index (χ0n) is 28.6. The number of fused-ring (bicyclic) bond motifs is 3. The highest BCUT2D eigenvalue weighted by Crippen LogP contribution is 2.30. The Kier molecular flexibility index (Phi) is 12.8. The Bertz CT molecular complexity index is 2840. The summed E-state index contributed by atoms with van der Waals surface area (Å²) in [5, 5.41) is 6.63. The molecule has 0 radical (unpaired) electrons. The van der Waals surface area contributed by atoms with E-state index in [-0.39, 0.29) is 34.3 Å². The Morgan fingerprint density at radius 3 is 1.20 bits per heavy atom. The molecule has 0 unspecified atom stereocenters. The minimum Gasteiger partial charge on any atom is -0.287 e. The number of halogens is 5. The lowest BCUT2D eigenvalue weighted by atomic mass is 10.2. The molecular formula is C39H25BrCl4N6O3S3. The third-order valence-corrected chi connectivity index (χ3v) is 12.3. The van der Waals surface area contributed by atoms with Crippen LogP contribution >= 0.6 is 96.3 Å². The molecule has 9 rings (SSSR count). The fourth-order valence-corrected chi connectivity index (χ4v) is 9.50. The highest BCUT2D eigenvalue weighted by molar-refractivity contribution is 9.10. The van der Waals surface area contributed by atoms with Gasteiger partial charge in [0.25, 0.3) is 16.7 Å². The smallest absolute Gasteiger partial charge is 0.274 e. The Morgan fingerprint density at radius 1 is 0.500 bits per heavy atom. The standard InChI is InChI=1S/C13H8BrClN2OS.C13H8Cl2N2OS.C13H9ClN2OS/c14-9-3-1-8(2-4-9)11-7-19-13-16-12(18)5-10(6-15)17(11)13;14-6-10-5-12(18)16-13-17(10)11(7-19-13)8-1-3-9(15)4-2-8;14-7-10-6-12(17)15-13-16(10)11(8-18-13)9-4-2-1-3-5-9/h2*1-5,7H,6H2;1-6,8H,7H2. The van der Waals surface area contributed by atoms with Gasteiger partial charge in [-0.05, 0) is 41.0 Å². The van der Waals surface area contributed by atoms with Crippen LogP contribution in [0.4, 0.5) is 0 Å². The number of nitrogens with zero attached hydrogens (tertiary/aromatic N) is 6. The second-order valence-electron chi connectivity index (χ2n) is 11.8. The van der Waals surface area contributed by atoms with E-state index in [0.29, 0.717) is 19.9 Å². The molecule has 9 aromatic rings. The Morgan fingerprint density at radius 2 is 0.839 bits per heavy atom. The maximum Gasteiger partial charge on any atom is 0.274 e. The van der Waals surface area contributed by atoms with Crippen LogP contribution in [0.25, 0.3) is 48.7 Å². The van der Waals surface area contributed by atoms with Gasteiger partial charge in [0.1, 0.15) is 0 Å². The van der Waals surface area contributed by atoms with Crippen molar-refractivity contribution < 1.29 is 0 Å². The highest BCUT2D eigenvalue weighted by Gasteiger charge is 2.13. The van der Waals surface area contributed by atoms with Crippen molar-refractivity contribution in [2.24, 2.45) is 0 Å². The van der Waals surface area contributed by atoms with Crippen molar-refractivity contribution in [3.63, 3.8) is 0 Å².